The molecule has 1 aliphatic carbocycles. The number of halogens is 2. The molecule has 0 bridgehead atoms. The summed E-state index contributed by atoms with van der Waals surface area (Å²) in [4.78, 5) is 38.8. The molecule has 2 fully saturated rings. The van der Waals surface area contributed by atoms with E-state index in [1.54, 1.807) is 12.1 Å². The number of benzene rings is 2. The van der Waals surface area contributed by atoms with Crippen molar-refractivity contribution in [1.82, 2.24) is 10.2 Å². The molecule has 2 aliphatic rings. The molecule has 0 radical (unpaired) electrons. The van der Waals surface area contributed by atoms with Crippen molar-refractivity contribution in [2.45, 2.75) is 50.5 Å². The molecule has 2 aromatic carbocycles. The maximum Gasteiger partial charge on any atom is 0.325 e. The molecule has 1 N–H and O–H groups in total. The number of ketones is 1. The molecule has 0 spiro atoms. The molecule has 1 heterocycles. The monoisotopic (exact) mass is 426 g/mol. The van der Waals surface area contributed by atoms with Crippen LogP contribution in [0.5, 0.6) is 0 Å². The average Bonchev–Trinajstić information content (AvgIpc) is 2.99. The van der Waals surface area contributed by atoms with Crippen LogP contribution in [0.4, 0.5) is 13.6 Å². The predicted octanol–water partition coefficient (Wildman–Crippen LogP) is 4.66. The minimum Gasteiger partial charge on any atom is -0.319 e. The highest BCUT2D eigenvalue weighted by molar-refractivity contribution is 6.11. The van der Waals surface area contributed by atoms with E-state index in [-0.39, 0.29) is 5.56 Å². The van der Waals surface area contributed by atoms with Gasteiger partial charge in [-0.2, -0.15) is 0 Å². The van der Waals surface area contributed by atoms with Crippen molar-refractivity contribution in [3.8, 4) is 0 Å². The average molecular weight is 426 g/mol. The standard InChI is InChI=1S/C24H24F2N2O3/c1-24(19-13-18(25)11-12-20(19)26)22(30)28(23(31)27-24)14-21(29)17-9-7-16(8-10-17)15-5-3-2-4-6-15/h7-13,15H,2-6,14H2,1H3,(H,27,31)/t24-/m1/s1. The summed E-state index contributed by atoms with van der Waals surface area (Å²) in [5, 5.41) is 2.40. The molecule has 1 saturated carbocycles. The molecular weight excluding hydrogens is 402 g/mol. The lowest BCUT2D eigenvalue weighted by Gasteiger charge is -2.23. The Kier molecular flexibility index (Phi) is 5.60. The Hall–Kier alpha value is -3.09. The molecular formula is C24H24F2N2O3. The number of nitrogens with one attached hydrogen (secondary N) is 1. The topological polar surface area (TPSA) is 66.5 Å². The Morgan fingerprint density at radius 2 is 1.74 bits per heavy atom. The van der Waals surface area contributed by atoms with E-state index in [9.17, 15) is 23.2 Å². The van der Waals surface area contributed by atoms with Gasteiger partial charge in [0.05, 0.1) is 6.54 Å². The van der Waals surface area contributed by atoms with E-state index in [4.69, 9.17) is 0 Å². The Balaban J connectivity index is 1.50. The first-order valence-corrected chi connectivity index (χ1v) is 10.5. The minimum absolute atomic E-state index is 0.280. The van der Waals surface area contributed by atoms with Gasteiger partial charge in [-0.3, -0.25) is 14.5 Å². The highest BCUT2D eigenvalue weighted by atomic mass is 19.1. The molecule has 5 nitrogen and oxygen atoms in total. The van der Waals surface area contributed by atoms with Crippen LogP contribution in [0.15, 0.2) is 42.5 Å². The molecule has 31 heavy (non-hydrogen) atoms. The van der Waals surface area contributed by atoms with Gasteiger partial charge in [0.15, 0.2) is 5.78 Å². The Labute approximate surface area is 179 Å². The van der Waals surface area contributed by atoms with Gasteiger partial charge < -0.3 is 5.32 Å². The van der Waals surface area contributed by atoms with Crippen LogP contribution in [0.3, 0.4) is 0 Å². The summed E-state index contributed by atoms with van der Waals surface area (Å²) in [5.41, 5.74) is -0.474. The lowest BCUT2D eigenvalue weighted by atomic mass is 9.84. The summed E-state index contributed by atoms with van der Waals surface area (Å²) in [5.74, 6) is -2.24. The van der Waals surface area contributed by atoms with Gasteiger partial charge in [-0.25, -0.2) is 13.6 Å². The third kappa shape index (κ3) is 3.96. The zero-order valence-electron chi connectivity index (χ0n) is 17.3. The van der Waals surface area contributed by atoms with E-state index in [0.717, 1.165) is 35.9 Å². The van der Waals surface area contributed by atoms with E-state index >= 15 is 0 Å². The van der Waals surface area contributed by atoms with Crippen LogP contribution in [-0.2, 0) is 10.3 Å². The first kappa shape index (κ1) is 21.2. The van der Waals surface area contributed by atoms with Gasteiger partial charge >= 0.3 is 6.03 Å². The van der Waals surface area contributed by atoms with Crippen molar-refractivity contribution in [1.29, 1.82) is 0 Å². The maximum atomic E-state index is 14.3. The smallest absolute Gasteiger partial charge is 0.319 e. The van der Waals surface area contributed by atoms with Gasteiger partial charge in [0, 0.05) is 11.1 Å². The van der Waals surface area contributed by atoms with Crippen LogP contribution >= 0.6 is 0 Å². The fourth-order valence-corrected chi connectivity index (χ4v) is 4.52. The number of carbonyl (C=O) groups is 3. The lowest BCUT2D eigenvalue weighted by Crippen LogP contribution is -2.42. The highest BCUT2D eigenvalue weighted by Gasteiger charge is 2.50. The van der Waals surface area contributed by atoms with Crippen molar-refractivity contribution < 1.29 is 23.2 Å². The molecule has 4 rings (SSSR count). The normalized spacial score (nSPS) is 22.0. The van der Waals surface area contributed by atoms with Crippen LogP contribution in [0.25, 0.3) is 0 Å². The molecule has 3 amide bonds. The first-order chi connectivity index (χ1) is 14.8. The number of carbonyl (C=O) groups excluding carboxylic acids is 3. The number of urea groups is 1. The van der Waals surface area contributed by atoms with Crippen LogP contribution in [-0.4, -0.2) is 29.2 Å². The number of imide groups is 1. The second-order valence-electron chi connectivity index (χ2n) is 8.45. The van der Waals surface area contributed by atoms with Gasteiger partial charge in [0.1, 0.15) is 17.2 Å². The van der Waals surface area contributed by atoms with Gasteiger partial charge in [0.2, 0.25) is 0 Å². The number of amides is 3. The van der Waals surface area contributed by atoms with E-state index in [2.05, 4.69) is 5.32 Å². The van der Waals surface area contributed by atoms with Gasteiger partial charge in [-0.1, -0.05) is 43.5 Å². The van der Waals surface area contributed by atoms with Crippen LogP contribution in [0.2, 0.25) is 0 Å². The number of nitrogens with zero attached hydrogens (tertiary/aromatic N) is 1. The predicted molar refractivity (Wildman–Crippen MR) is 111 cm³/mol. The summed E-state index contributed by atoms with van der Waals surface area (Å²) in [6, 6.07) is 9.19. The maximum absolute atomic E-state index is 14.3. The van der Waals surface area contributed by atoms with Crippen molar-refractivity contribution >= 4 is 17.7 Å². The zero-order chi connectivity index (χ0) is 22.2. The fraction of sp³-hybridized carbons (Fsp3) is 0.375. The van der Waals surface area contributed by atoms with Crippen molar-refractivity contribution in [2.24, 2.45) is 0 Å². The van der Waals surface area contributed by atoms with E-state index in [1.807, 2.05) is 12.1 Å². The molecule has 7 heteroatoms. The van der Waals surface area contributed by atoms with E-state index in [1.165, 1.54) is 31.7 Å². The highest BCUT2D eigenvalue weighted by Crippen LogP contribution is 2.33. The number of hydrogen-bond acceptors (Lipinski definition) is 3. The number of Topliss-reactive ketones (excluding diaryl/α,β-unsaturated/α-hetero) is 1. The molecule has 1 aliphatic heterocycles. The number of rotatable bonds is 5. The van der Waals surface area contributed by atoms with E-state index in [0.29, 0.717) is 11.5 Å². The number of hydrogen-bond donors (Lipinski definition) is 1. The van der Waals surface area contributed by atoms with Crippen molar-refractivity contribution in [3.05, 3.63) is 70.8 Å². The third-order valence-electron chi connectivity index (χ3n) is 6.35. The molecule has 0 unspecified atom stereocenters. The third-order valence-corrected chi connectivity index (χ3v) is 6.35. The molecule has 1 saturated heterocycles. The largest absolute Gasteiger partial charge is 0.325 e. The summed E-state index contributed by atoms with van der Waals surface area (Å²) >= 11 is 0. The SMILES string of the molecule is C[C@]1(c2cc(F)ccc2F)NC(=O)N(CC(=O)c2ccc(C3CCCCC3)cc2)C1=O. The Bertz CT molecular complexity index is 1030. The second-order valence-corrected chi connectivity index (χ2v) is 8.45. The summed E-state index contributed by atoms with van der Waals surface area (Å²) in [6.07, 6.45) is 5.97. The van der Waals surface area contributed by atoms with Crippen molar-refractivity contribution in [3.63, 3.8) is 0 Å². The Morgan fingerprint density at radius 3 is 2.42 bits per heavy atom. The van der Waals surface area contributed by atoms with Crippen LogP contribution in [0, 0.1) is 11.6 Å². The Morgan fingerprint density at radius 1 is 1.06 bits per heavy atom. The minimum atomic E-state index is -1.78. The van der Waals surface area contributed by atoms with Crippen LogP contribution < -0.4 is 5.32 Å². The van der Waals surface area contributed by atoms with Gasteiger partial charge in [0.25, 0.3) is 5.91 Å². The van der Waals surface area contributed by atoms with Crippen LogP contribution in [0.1, 0.15) is 66.4 Å². The second kappa shape index (κ2) is 8.21. The summed E-state index contributed by atoms with van der Waals surface area (Å²) in [7, 11) is 0. The lowest BCUT2D eigenvalue weighted by molar-refractivity contribution is -0.130. The quantitative estimate of drug-likeness (QED) is 0.559. The molecule has 162 valence electrons. The summed E-state index contributed by atoms with van der Waals surface area (Å²) < 4.78 is 27.9. The summed E-state index contributed by atoms with van der Waals surface area (Å²) in [6.45, 7) is 0.828. The zero-order valence-corrected chi connectivity index (χ0v) is 17.3. The van der Waals surface area contributed by atoms with Gasteiger partial charge in [-0.05, 0) is 49.4 Å². The van der Waals surface area contributed by atoms with Crippen molar-refractivity contribution in [2.75, 3.05) is 6.54 Å². The molecule has 0 aromatic heterocycles. The first-order valence-electron chi connectivity index (χ1n) is 10.5. The van der Waals surface area contributed by atoms with E-state index < -0.39 is 41.4 Å². The van der Waals surface area contributed by atoms with Gasteiger partial charge in [-0.15, -0.1) is 0 Å². The molecule has 1 atom stereocenters. The fourth-order valence-electron chi connectivity index (χ4n) is 4.52. The molecule has 2 aromatic rings.